The highest BCUT2D eigenvalue weighted by Gasteiger charge is 2.16. The first-order valence-corrected chi connectivity index (χ1v) is 5.80. The second-order valence-corrected chi connectivity index (χ2v) is 4.62. The lowest BCUT2D eigenvalue weighted by Crippen LogP contribution is -2.48. The van der Waals surface area contributed by atoms with Crippen molar-refractivity contribution in [2.24, 2.45) is 0 Å². The molecule has 1 atom stereocenters. The van der Waals surface area contributed by atoms with Gasteiger partial charge in [0.1, 0.15) is 0 Å². The van der Waals surface area contributed by atoms with Crippen LogP contribution in [-0.4, -0.2) is 49.6 Å². The zero-order chi connectivity index (χ0) is 11.3. The Morgan fingerprint density at radius 3 is 2.59 bits per heavy atom. The monoisotopic (exact) mass is 285 g/mol. The predicted octanol–water partition coefficient (Wildman–Crippen LogP) is 1.04. The van der Waals surface area contributed by atoms with E-state index < -0.39 is 0 Å². The minimum Gasteiger partial charge on any atom is -0.351 e. The van der Waals surface area contributed by atoms with Gasteiger partial charge in [-0.05, 0) is 40.3 Å². The lowest BCUT2D eigenvalue weighted by Gasteiger charge is -2.26. The summed E-state index contributed by atoms with van der Waals surface area (Å²) in [7, 11) is 1.98. The van der Waals surface area contributed by atoms with E-state index in [2.05, 4.69) is 24.5 Å². The number of hydrogen-bond donors (Lipinski definition) is 2. The van der Waals surface area contributed by atoms with Crippen molar-refractivity contribution in [2.45, 2.75) is 38.8 Å². The Kier molecular flexibility index (Phi) is 11.3. The number of hydrogen-bond acceptors (Lipinski definition) is 3. The molecule has 0 spiro atoms. The topological polar surface area (TPSA) is 44.4 Å². The van der Waals surface area contributed by atoms with Gasteiger partial charge in [-0.1, -0.05) is 0 Å². The predicted molar refractivity (Wildman–Crippen MR) is 76.3 cm³/mol. The highest BCUT2D eigenvalue weighted by atomic mass is 35.5. The van der Waals surface area contributed by atoms with Crippen LogP contribution in [0.4, 0.5) is 0 Å². The molecule has 1 rings (SSSR count). The van der Waals surface area contributed by atoms with E-state index in [4.69, 9.17) is 0 Å². The van der Waals surface area contributed by atoms with E-state index in [0.29, 0.717) is 18.6 Å². The van der Waals surface area contributed by atoms with Crippen molar-refractivity contribution < 1.29 is 4.79 Å². The SMILES string of the molecule is CC(C)N(C)CC(=O)N[C@H]1CCCNC1.Cl.Cl. The maximum Gasteiger partial charge on any atom is 0.234 e. The van der Waals surface area contributed by atoms with Crippen molar-refractivity contribution >= 4 is 30.7 Å². The van der Waals surface area contributed by atoms with Crippen molar-refractivity contribution in [3.05, 3.63) is 0 Å². The normalized spacial score (nSPS) is 19.5. The summed E-state index contributed by atoms with van der Waals surface area (Å²) in [6, 6.07) is 0.743. The second kappa shape index (κ2) is 9.95. The first kappa shape index (κ1) is 19.3. The summed E-state index contributed by atoms with van der Waals surface area (Å²) in [6.45, 7) is 6.68. The zero-order valence-electron chi connectivity index (χ0n) is 10.9. The fourth-order valence-corrected chi connectivity index (χ4v) is 1.66. The molecule has 2 N–H and O–H groups in total. The highest BCUT2D eigenvalue weighted by Crippen LogP contribution is 2.01. The maximum absolute atomic E-state index is 11.6. The molecule has 1 heterocycles. The third kappa shape index (κ3) is 7.82. The van der Waals surface area contributed by atoms with E-state index in [1.807, 2.05) is 11.9 Å². The number of nitrogens with one attached hydrogen (secondary N) is 2. The second-order valence-electron chi connectivity index (χ2n) is 4.62. The lowest BCUT2D eigenvalue weighted by atomic mass is 10.1. The van der Waals surface area contributed by atoms with E-state index in [1.54, 1.807) is 0 Å². The van der Waals surface area contributed by atoms with E-state index in [-0.39, 0.29) is 30.7 Å². The molecule has 17 heavy (non-hydrogen) atoms. The van der Waals surface area contributed by atoms with Crippen LogP contribution in [-0.2, 0) is 4.79 Å². The summed E-state index contributed by atoms with van der Waals surface area (Å²) in [5, 5.41) is 6.35. The summed E-state index contributed by atoms with van der Waals surface area (Å²) >= 11 is 0. The van der Waals surface area contributed by atoms with Gasteiger partial charge in [-0.2, -0.15) is 0 Å². The van der Waals surface area contributed by atoms with Gasteiger partial charge in [0.2, 0.25) is 5.91 Å². The molecule has 1 aliphatic heterocycles. The van der Waals surface area contributed by atoms with Gasteiger partial charge >= 0.3 is 0 Å². The van der Waals surface area contributed by atoms with Gasteiger partial charge in [0.05, 0.1) is 6.54 Å². The van der Waals surface area contributed by atoms with Gasteiger partial charge in [-0.3, -0.25) is 9.69 Å². The molecule has 0 unspecified atom stereocenters. The highest BCUT2D eigenvalue weighted by molar-refractivity contribution is 5.85. The Hall–Kier alpha value is -0.0300. The van der Waals surface area contributed by atoms with Crippen LogP contribution in [0.3, 0.4) is 0 Å². The molecule has 104 valence electrons. The van der Waals surface area contributed by atoms with Crippen LogP contribution in [0, 0.1) is 0 Å². The molecule has 0 aliphatic carbocycles. The van der Waals surface area contributed by atoms with Crippen molar-refractivity contribution in [3.63, 3.8) is 0 Å². The van der Waals surface area contributed by atoms with Crippen LogP contribution in [0.2, 0.25) is 0 Å². The number of rotatable bonds is 4. The molecule has 0 aromatic rings. The number of carbonyl (C=O) groups excluding carboxylic acids is 1. The van der Waals surface area contributed by atoms with Crippen LogP contribution in [0.15, 0.2) is 0 Å². The first-order valence-electron chi connectivity index (χ1n) is 5.80. The number of carbonyl (C=O) groups is 1. The van der Waals surface area contributed by atoms with E-state index in [1.165, 1.54) is 0 Å². The first-order chi connectivity index (χ1) is 7.09. The molecule has 1 aliphatic rings. The Bertz CT molecular complexity index is 209. The Morgan fingerprint density at radius 2 is 2.12 bits per heavy atom. The standard InChI is InChI=1S/C11H23N3O.2ClH/c1-9(2)14(3)8-11(15)13-10-5-4-6-12-7-10;;/h9-10,12H,4-8H2,1-3H3,(H,13,15);2*1H/t10-;;/m0../s1. The molecule has 0 saturated carbocycles. The van der Waals surface area contributed by atoms with Crippen LogP contribution >= 0.6 is 24.8 Å². The van der Waals surface area contributed by atoms with Gasteiger partial charge in [0.25, 0.3) is 0 Å². The van der Waals surface area contributed by atoms with Crippen LogP contribution < -0.4 is 10.6 Å². The van der Waals surface area contributed by atoms with Crippen LogP contribution in [0.1, 0.15) is 26.7 Å². The fourth-order valence-electron chi connectivity index (χ4n) is 1.66. The molecule has 0 radical (unpaired) electrons. The Morgan fingerprint density at radius 1 is 1.47 bits per heavy atom. The van der Waals surface area contributed by atoms with Gasteiger partial charge in [0, 0.05) is 18.6 Å². The van der Waals surface area contributed by atoms with Crippen molar-refractivity contribution in [3.8, 4) is 0 Å². The smallest absolute Gasteiger partial charge is 0.234 e. The summed E-state index contributed by atoms with van der Waals surface area (Å²) < 4.78 is 0. The number of piperidine rings is 1. The third-order valence-electron chi connectivity index (χ3n) is 2.94. The molecule has 0 aromatic carbocycles. The van der Waals surface area contributed by atoms with Crippen molar-refractivity contribution in [1.29, 1.82) is 0 Å². The summed E-state index contributed by atoms with van der Waals surface area (Å²) in [4.78, 5) is 13.7. The summed E-state index contributed by atoms with van der Waals surface area (Å²) in [5.41, 5.74) is 0. The average molecular weight is 286 g/mol. The maximum atomic E-state index is 11.6. The molecule has 0 bridgehead atoms. The fraction of sp³-hybridized carbons (Fsp3) is 0.909. The largest absolute Gasteiger partial charge is 0.351 e. The van der Waals surface area contributed by atoms with E-state index in [9.17, 15) is 4.79 Å². The number of likely N-dealkylation sites (N-methyl/N-ethyl adjacent to an activating group) is 1. The minimum atomic E-state index is 0. The quantitative estimate of drug-likeness (QED) is 0.811. The van der Waals surface area contributed by atoms with Crippen molar-refractivity contribution in [1.82, 2.24) is 15.5 Å². The van der Waals surface area contributed by atoms with Crippen molar-refractivity contribution in [2.75, 3.05) is 26.7 Å². The van der Waals surface area contributed by atoms with Crippen LogP contribution in [0.5, 0.6) is 0 Å². The molecule has 1 fully saturated rings. The van der Waals surface area contributed by atoms with Gasteiger partial charge in [-0.25, -0.2) is 0 Å². The van der Waals surface area contributed by atoms with Crippen LogP contribution in [0.25, 0.3) is 0 Å². The molecule has 1 amide bonds. The molecular formula is C11H25Cl2N3O. The molecule has 6 heteroatoms. The lowest BCUT2D eigenvalue weighted by molar-refractivity contribution is -0.123. The number of nitrogens with zero attached hydrogens (tertiary/aromatic N) is 1. The van der Waals surface area contributed by atoms with Gasteiger partial charge in [-0.15, -0.1) is 24.8 Å². The van der Waals surface area contributed by atoms with Gasteiger partial charge < -0.3 is 10.6 Å². The van der Waals surface area contributed by atoms with E-state index in [0.717, 1.165) is 25.9 Å². The van der Waals surface area contributed by atoms with Gasteiger partial charge in [0.15, 0.2) is 0 Å². The molecular weight excluding hydrogens is 261 g/mol. The third-order valence-corrected chi connectivity index (χ3v) is 2.94. The minimum absolute atomic E-state index is 0. The zero-order valence-corrected chi connectivity index (χ0v) is 12.5. The molecule has 1 saturated heterocycles. The Balaban J connectivity index is 0. The Labute approximate surface area is 117 Å². The molecule has 4 nitrogen and oxygen atoms in total. The number of halogens is 2. The molecule has 0 aromatic heterocycles. The van der Waals surface area contributed by atoms with E-state index >= 15 is 0 Å². The average Bonchev–Trinajstić information content (AvgIpc) is 2.18. The summed E-state index contributed by atoms with van der Waals surface area (Å²) in [5.74, 6) is 0.139. The summed E-state index contributed by atoms with van der Waals surface area (Å²) in [6.07, 6.45) is 2.26. The number of amides is 1.